The molecule has 0 radical (unpaired) electrons. The monoisotopic (exact) mass is 426 g/mol. The van der Waals surface area contributed by atoms with E-state index in [1.54, 1.807) is 30.5 Å². The van der Waals surface area contributed by atoms with Gasteiger partial charge in [0.05, 0.1) is 5.56 Å². The van der Waals surface area contributed by atoms with Crippen LogP contribution in [0.25, 0.3) is 0 Å². The van der Waals surface area contributed by atoms with Crippen molar-refractivity contribution < 1.29 is 4.79 Å². The van der Waals surface area contributed by atoms with Crippen LogP contribution in [-0.4, -0.2) is 15.9 Å². The van der Waals surface area contributed by atoms with Crippen LogP contribution < -0.4 is 16.2 Å². The van der Waals surface area contributed by atoms with Gasteiger partial charge in [-0.1, -0.05) is 15.9 Å². The second-order valence-electron chi connectivity index (χ2n) is 6.16. The number of nitrogens with zero attached hydrogens (tertiary/aromatic N) is 1. The summed E-state index contributed by atoms with van der Waals surface area (Å²) in [7, 11) is 0. The molecule has 6 nitrogen and oxygen atoms in total. The van der Waals surface area contributed by atoms with E-state index in [9.17, 15) is 9.59 Å². The van der Waals surface area contributed by atoms with E-state index < -0.39 is 0 Å². The number of hydrogen-bond acceptors (Lipinski definition) is 4. The molecule has 0 unspecified atom stereocenters. The minimum Gasteiger partial charge on any atom is -0.365 e. The molecule has 0 bridgehead atoms. The number of H-pyrrole nitrogens is 1. The molecule has 3 N–H and O–H groups in total. The quantitative estimate of drug-likeness (QED) is 0.574. The van der Waals surface area contributed by atoms with Gasteiger partial charge < -0.3 is 15.6 Å². The Kier molecular flexibility index (Phi) is 5.71. The summed E-state index contributed by atoms with van der Waals surface area (Å²) in [4.78, 5) is 31.9. The summed E-state index contributed by atoms with van der Waals surface area (Å²) >= 11 is 3.37. The van der Waals surface area contributed by atoms with E-state index in [1.165, 1.54) is 0 Å². The first kappa shape index (κ1) is 18.8. The lowest BCUT2D eigenvalue weighted by Gasteiger charge is -2.12. The van der Waals surface area contributed by atoms with Crippen LogP contribution in [0.15, 0.2) is 57.9 Å². The molecule has 0 aliphatic carbocycles. The standard InChI is InChI=1S/C20H19BrN4O2/c1-12-10-13(2)24-20(27)17(12)11-23-18-16(4-3-9-22-18)19(26)25-15-7-5-14(21)6-8-15/h3-10H,11H2,1-2H3,(H,22,23)(H,24,27)(H,25,26). The highest BCUT2D eigenvalue weighted by atomic mass is 79.9. The Hall–Kier alpha value is -2.93. The van der Waals surface area contributed by atoms with Crippen LogP contribution in [0.3, 0.4) is 0 Å². The highest BCUT2D eigenvalue weighted by molar-refractivity contribution is 9.10. The Bertz CT molecular complexity index is 1030. The predicted molar refractivity (Wildman–Crippen MR) is 110 cm³/mol. The molecule has 0 spiro atoms. The molecule has 0 saturated carbocycles. The molecule has 3 aromatic rings. The molecule has 7 heteroatoms. The molecular formula is C20H19BrN4O2. The zero-order chi connectivity index (χ0) is 19.4. The van der Waals surface area contributed by atoms with Crippen LogP contribution >= 0.6 is 15.9 Å². The SMILES string of the molecule is Cc1cc(C)c(CNc2ncccc2C(=O)Nc2ccc(Br)cc2)c(=O)[nH]1. The smallest absolute Gasteiger partial charge is 0.259 e. The van der Waals surface area contributed by atoms with E-state index in [1.807, 2.05) is 32.0 Å². The Balaban J connectivity index is 1.79. The van der Waals surface area contributed by atoms with Crippen molar-refractivity contribution in [2.24, 2.45) is 0 Å². The molecule has 138 valence electrons. The number of anilines is 2. The van der Waals surface area contributed by atoms with Gasteiger partial charge in [-0.05, 0) is 61.9 Å². The first-order valence-electron chi connectivity index (χ1n) is 8.39. The lowest BCUT2D eigenvalue weighted by atomic mass is 10.1. The van der Waals surface area contributed by atoms with Gasteiger partial charge in [0.15, 0.2) is 0 Å². The lowest BCUT2D eigenvalue weighted by molar-refractivity contribution is 0.102. The number of aromatic amines is 1. The van der Waals surface area contributed by atoms with Gasteiger partial charge in [0, 0.05) is 34.2 Å². The number of aromatic nitrogens is 2. The van der Waals surface area contributed by atoms with Crippen LogP contribution in [0.1, 0.15) is 27.2 Å². The van der Waals surface area contributed by atoms with Gasteiger partial charge in [-0.15, -0.1) is 0 Å². The number of nitrogens with one attached hydrogen (secondary N) is 3. The summed E-state index contributed by atoms with van der Waals surface area (Å²) < 4.78 is 0.933. The van der Waals surface area contributed by atoms with Gasteiger partial charge in [0.25, 0.3) is 11.5 Å². The maximum Gasteiger partial charge on any atom is 0.259 e. The normalized spacial score (nSPS) is 10.5. The van der Waals surface area contributed by atoms with Gasteiger partial charge in [0.2, 0.25) is 0 Å². The summed E-state index contributed by atoms with van der Waals surface area (Å²) in [6.07, 6.45) is 1.60. The third-order valence-electron chi connectivity index (χ3n) is 4.08. The number of pyridine rings is 2. The molecule has 1 amide bonds. The second-order valence-corrected chi connectivity index (χ2v) is 7.07. The number of rotatable bonds is 5. The fraction of sp³-hybridized carbons (Fsp3) is 0.150. The number of carbonyl (C=O) groups is 1. The predicted octanol–water partition coefficient (Wildman–Crippen LogP) is 4.01. The average Bonchev–Trinajstić information content (AvgIpc) is 2.63. The summed E-state index contributed by atoms with van der Waals surface area (Å²) in [6.45, 7) is 4.00. The van der Waals surface area contributed by atoms with Gasteiger partial charge in [-0.3, -0.25) is 9.59 Å². The first-order chi connectivity index (χ1) is 12.9. The fourth-order valence-electron chi connectivity index (χ4n) is 2.73. The van der Waals surface area contributed by atoms with Crippen molar-refractivity contribution in [2.75, 3.05) is 10.6 Å². The number of halogens is 1. The molecule has 0 fully saturated rings. The number of benzene rings is 1. The summed E-state index contributed by atoms with van der Waals surface area (Å²) in [5.41, 5.74) is 3.27. The summed E-state index contributed by atoms with van der Waals surface area (Å²) in [5, 5.41) is 5.95. The largest absolute Gasteiger partial charge is 0.365 e. The molecule has 1 aromatic carbocycles. The highest BCUT2D eigenvalue weighted by Gasteiger charge is 2.13. The molecule has 3 rings (SSSR count). The third kappa shape index (κ3) is 4.62. The van der Waals surface area contributed by atoms with Crippen LogP contribution in [-0.2, 0) is 6.54 Å². The Morgan fingerprint density at radius 3 is 2.63 bits per heavy atom. The number of carbonyl (C=O) groups excluding carboxylic acids is 1. The molecule has 2 heterocycles. The molecule has 2 aromatic heterocycles. The maximum atomic E-state index is 12.6. The zero-order valence-electron chi connectivity index (χ0n) is 15.0. The van der Waals surface area contributed by atoms with Crippen molar-refractivity contribution in [1.29, 1.82) is 0 Å². The Morgan fingerprint density at radius 2 is 1.93 bits per heavy atom. The van der Waals surface area contributed by atoms with Crippen LogP contribution in [0.2, 0.25) is 0 Å². The maximum absolute atomic E-state index is 12.6. The minimum atomic E-state index is -0.276. The fourth-order valence-corrected chi connectivity index (χ4v) is 3.00. The van der Waals surface area contributed by atoms with Crippen molar-refractivity contribution >= 4 is 33.3 Å². The minimum absolute atomic E-state index is 0.142. The topological polar surface area (TPSA) is 86.9 Å². The summed E-state index contributed by atoms with van der Waals surface area (Å²) in [5.74, 6) is 0.147. The Morgan fingerprint density at radius 1 is 1.19 bits per heavy atom. The van der Waals surface area contributed by atoms with Crippen molar-refractivity contribution in [3.8, 4) is 0 Å². The van der Waals surface area contributed by atoms with E-state index in [-0.39, 0.29) is 18.0 Å². The van der Waals surface area contributed by atoms with E-state index in [0.29, 0.717) is 22.6 Å². The second kappa shape index (κ2) is 8.18. The summed E-state index contributed by atoms with van der Waals surface area (Å²) in [6, 6.07) is 12.6. The van der Waals surface area contributed by atoms with Gasteiger partial charge in [0.1, 0.15) is 5.82 Å². The van der Waals surface area contributed by atoms with Crippen molar-refractivity contribution in [3.05, 3.63) is 85.9 Å². The highest BCUT2D eigenvalue weighted by Crippen LogP contribution is 2.18. The molecule has 0 atom stereocenters. The average molecular weight is 427 g/mol. The van der Waals surface area contributed by atoms with Crippen LogP contribution in [0.5, 0.6) is 0 Å². The van der Waals surface area contributed by atoms with E-state index >= 15 is 0 Å². The van der Waals surface area contributed by atoms with Gasteiger partial charge in [-0.2, -0.15) is 0 Å². The number of amides is 1. The lowest BCUT2D eigenvalue weighted by Crippen LogP contribution is -2.20. The number of aryl methyl sites for hydroxylation is 2. The van der Waals surface area contributed by atoms with E-state index in [0.717, 1.165) is 15.7 Å². The molecule has 27 heavy (non-hydrogen) atoms. The first-order valence-corrected chi connectivity index (χ1v) is 9.18. The molecule has 0 aliphatic rings. The molecule has 0 saturated heterocycles. The van der Waals surface area contributed by atoms with Crippen molar-refractivity contribution in [2.45, 2.75) is 20.4 Å². The number of hydrogen-bond donors (Lipinski definition) is 3. The van der Waals surface area contributed by atoms with Crippen molar-refractivity contribution in [3.63, 3.8) is 0 Å². The van der Waals surface area contributed by atoms with E-state index in [2.05, 4.69) is 36.5 Å². The molecule has 0 aliphatic heterocycles. The van der Waals surface area contributed by atoms with Gasteiger partial charge in [-0.25, -0.2) is 4.98 Å². The van der Waals surface area contributed by atoms with Gasteiger partial charge >= 0.3 is 0 Å². The Labute approximate surface area is 165 Å². The molecular weight excluding hydrogens is 408 g/mol. The van der Waals surface area contributed by atoms with E-state index in [4.69, 9.17) is 0 Å². The van der Waals surface area contributed by atoms with Crippen molar-refractivity contribution in [1.82, 2.24) is 9.97 Å². The van der Waals surface area contributed by atoms with Crippen LogP contribution in [0.4, 0.5) is 11.5 Å². The van der Waals surface area contributed by atoms with Crippen LogP contribution in [0, 0.1) is 13.8 Å². The third-order valence-corrected chi connectivity index (χ3v) is 4.61. The zero-order valence-corrected chi connectivity index (χ0v) is 16.6.